The molecular formula is C24H27N3O6S. The van der Waals surface area contributed by atoms with Crippen molar-refractivity contribution in [1.82, 2.24) is 16.0 Å². The maximum Gasteiger partial charge on any atom is 0.326 e. The monoisotopic (exact) mass is 485 g/mol. The van der Waals surface area contributed by atoms with Gasteiger partial charge in [-0.1, -0.05) is 54.6 Å². The topological polar surface area (TPSA) is 145 Å². The number of aliphatic carboxylic acids is 2. The van der Waals surface area contributed by atoms with E-state index in [1.807, 2.05) is 54.6 Å². The predicted octanol–water partition coefficient (Wildman–Crippen LogP) is 1.04. The van der Waals surface area contributed by atoms with Crippen LogP contribution in [0.25, 0.3) is 0 Å². The van der Waals surface area contributed by atoms with E-state index >= 15 is 0 Å². The summed E-state index contributed by atoms with van der Waals surface area (Å²) in [5.74, 6) is -4.10. The van der Waals surface area contributed by atoms with Crippen molar-refractivity contribution < 1.29 is 29.4 Å². The number of rotatable bonds is 11. The third-order valence-corrected chi connectivity index (χ3v) is 6.08. The second-order valence-corrected chi connectivity index (χ2v) is 8.80. The Balaban J connectivity index is 1.64. The van der Waals surface area contributed by atoms with Crippen LogP contribution in [0.1, 0.15) is 18.4 Å². The highest BCUT2D eigenvalue weighted by atomic mass is 32.1. The minimum Gasteiger partial charge on any atom is -0.481 e. The Morgan fingerprint density at radius 2 is 1.62 bits per heavy atom. The lowest BCUT2D eigenvalue weighted by Crippen LogP contribution is -2.53. The van der Waals surface area contributed by atoms with Crippen LogP contribution in [0, 0.1) is 5.92 Å². The summed E-state index contributed by atoms with van der Waals surface area (Å²) in [6.07, 6.45) is 9.03. The van der Waals surface area contributed by atoms with Gasteiger partial charge in [-0.3, -0.25) is 14.4 Å². The molecule has 1 heterocycles. The Labute approximate surface area is 202 Å². The summed E-state index contributed by atoms with van der Waals surface area (Å²) < 4.78 is 0. The summed E-state index contributed by atoms with van der Waals surface area (Å²) in [6, 6.07) is 6.41. The molecule has 1 aliphatic carbocycles. The first-order valence-corrected chi connectivity index (χ1v) is 11.3. The number of hydrogen-bond acceptors (Lipinski definition) is 6. The third-order valence-electron chi connectivity index (χ3n) is 5.66. The molecule has 2 amide bonds. The predicted molar refractivity (Wildman–Crippen MR) is 128 cm³/mol. The smallest absolute Gasteiger partial charge is 0.326 e. The maximum atomic E-state index is 12.8. The molecule has 3 unspecified atom stereocenters. The first kappa shape index (κ1) is 25.1. The van der Waals surface area contributed by atoms with Gasteiger partial charge in [0.2, 0.25) is 11.8 Å². The van der Waals surface area contributed by atoms with Crippen molar-refractivity contribution in [1.29, 1.82) is 0 Å². The van der Waals surface area contributed by atoms with Gasteiger partial charge in [0.1, 0.15) is 12.1 Å². The molecule has 5 N–H and O–H groups in total. The van der Waals surface area contributed by atoms with E-state index < -0.39 is 47.5 Å². The summed E-state index contributed by atoms with van der Waals surface area (Å²) in [4.78, 5) is 48.6. The quantitative estimate of drug-likeness (QED) is 0.257. The van der Waals surface area contributed by atoms with Crippen molar-refractivity contribution in [3.8, 4) is 0 Å². The van der Waals surface area contributed by atoms with Gasteiger partial charge in [-0.15, -0.1) is 0 Å². The maximum absolute atomic E-state index is 12.8. The Kier molecular flexibility index (Phi) is 8.53. The van der Waals surface area contributed by atoms with Gasteiger partial charge in [-0.05, 0) is 23.8 Å². The molecule has 0 radical (unpaired) electrons. The Morgan fingerprint density at radius 1 is 0.941 bits per heavy atom. The molecule has 180 valence electrons. The van der Waals surface area contributed by atoms with Gasteiger partial charge in [0, 0.05) is 12.3 Å². The first-order valence-electron chi connectivity index (χ1n) is 10.8. The van der Waals surface area contributed by atoms with Crippen LogP contribution < -0.4 is 16.0 Å². The zero-order chi connectivity index (χ0) is 24.7. The van der Waals surface area contributed by atoms with Crippen molar-refractivity contribution >= 4 is 36.4 Å². The van der Waals surface area contributed by atoms with Crippen LogP contribution in [-0.2, 0) is 25.6 Å². The van der Waals surface area contributed by atoms with E-state index in [0.29, 0.717) is 0 Å². The normalized spacial score (nSPS) is 20.8. The van der Waals surface area contributed by atoms with Crippen molar-refractivity contribution in [3.05, 3.63) is 72.0 Å². The summed E-state index contributed by atoms with van der Waals surface area (Å²) in [7, 11) is 0. The molecule has 10 heteroatoms. The van der Waals surface area contributed by atoms with Gasteiger partial charge in [0.15, 0.2) is 0 Å². The molecule has 9 nitrogen and oxygen atoms in total. The van der Waals surface area contributed by atoms with E-state index in [1.54, 1.807) is 6.20 Å². The standard InChI is InChI=1S/C24H27N3O6S/c28-21(29)12-18(26-23(31)20(34)10-14-6-2-1-3-7-14)22(30)27-19(24(32)33)11-15-13-25-17-9-5-4-8-16(15)17/h1-9,13,16-20,25,34H,10-12H2,(H,26,31)(H,27,30)(H,28,29)(H,32,33)/t16?,17?,18?,19-,20-/m0/s1. The van der Waals surface area contributed by atoms with Crippen LogP contribution in [0.15, 0.2) is 66.4 Å². The highest BCUT2D eigenvalue weighted by Crippen LogP contribution is 2.29. The van der Waals surface area contributed by atoms with Gasteiger partial charge in [0.25, 0.3) is 0 Å². The number of nitrogens with one attached hydrogen (secondary N) is 3. The molecule has 5 atom stereocenters. The Morgan fingerprint density at radius 3 is 2.29 bits per heavy atom. The molecule has 1 aromatic carbocycles. The number of carbonyl (C=O) groups is 4. The Hall–Kier alpha value is -3.53. The van der Waals surface area contributed by atoms with Crippen LogP contribution in [0.2, 0.25) is 0 Å². The molecule has 0 bridgehead atoms. The van der Waals surface area contributed by atoms with Gasteiger partial charge >= 0.3 is 11.9 Å². The van der Waals surface area contributed by atoms with Gasteiger partial charge in [-0.2, -0.15) is 12.6 Å². The van der Waals surface area contributed by atoms with Crippen LogP contribution >= 0.6 is 12.6 Å². The van der Waals surface area contributed by atoms with Gasteiger partial charge < -0.3 is 26.2 Å². The summed E-state index contributed by atoms with van der Waals surface area (Å²) in [6.45, 7) is 0. The lowest BCUT2D eigenvalue weighted by atomic mass is 9.88. The van der Waals surface area contributed by atoms with Crippen LogP contribution in [0.5, 0.6) is 0 Å². The minimum absolute atomic E-state index is 0.0267. The average Bonchev–Trinajstić information content (AvgIpc) is 3.21. The number of carbonyl (C=O) groups excluding carboxylic acids is 2. The molecule has 1 aliphatic heterocycles. The fraction of sp³-hybridized carbons (Fsp3) is 0.333. The zero-order valence-corrected chi connectivity index (χ0v) is 19.2. The fourth-order valence-corrected chi connectivity index (χ4v) is 4.19. The molecule has 34 heavy (non-hydrogen) atoms. The molecule has 2 aliphatic rings. The van der Waals surface area contributed by atoms with Crippen molar-refractivity contribution in [2.24, 2.45) is 5.92 Å². The summed E-state index contributed by atoms with van der Waals surface area (Å²) in [5, 5.41) is 26.0. The molecule has 1 aromatic rings. The zero-order valence-electron chi connectivity index (χ0n) is 18.3. The second-order valence-electron chi connectivity index (χ2n) is 8.18. The number of hydrogen-bond donors (Lipinski definition) is 6. The van der Waals surface area contributed by atoms with E-state index in [1.165, 1.54) is 0 Å². The summed E-state index contributed by atoms with van der Waals surface area (Å²) in [5.41, 5.74) is 1.65. The number of benzene rings is 1. The number of carboxylic acid groups (broad SMARTS) is 2. The van der Waals surface area contributed by atoms with E-state index in [9.17, 15) is 29.4 Å². The van der Waals surface area contributed by atoms with Crippen molar-refractivity contribution in [3.63, 3.8) is 0 Å². The summed E-state index contributed by atoms with van der Waals surface area (Å²) >= 11 is 4.28. The Bertz CT molecular complexity index is 1020. The van der Waals surface area contributed by atoms with Gasteiger partial charge in [-0.25, -0.2) is 4.79 Å². The van der Waals surface area contributed by atoms with Crippen LogP contribution in [-0.4, -0.2) is 57.3 Å². The third kappa shape index (κ3) is 6.74. The number of carboxylic acids is 2. The van der Waals surface area contributed by atoms with E-state index in [4.69, 9.17) is 0 Å². The average molecular weight is 486 g/mol. The fourth-order valence-electron chi connectivity index (χ4n) is 3.91. The lowest BCUT2D eigenvalue weighted by Gasteiger charge is -2.24. The molecule has 0 saturated heterocycles. The molecule has 0 saturated carbocycles. The highest BCUT2D eigenvalue weighted by molar-refractivity contribution is 7.81. The van der Waals surface area contributed by atoms with Crippen LogP contribution in [0.3, 0.4) is 0 Å². The van der Waals surface area contributed by atoms with Crippen LogP contribution in [0.4, 0.5) is 0 Å². The number of amides is 2. The van der Waals surface area contributed by atoms with Gasteiger partial charge in [0.05, 0.1) is 17.7 Å². The molecular weight excluding hydrogens is 458 g/mol. The highest BCUT2D eigenvalue weighted by Gasteiger charge is 2.33. The largest absolute Gasteiger partial charge is 0.481 e. The van der Waals surface area contributed by atoms with E-state index in [2.05, 4.69) is 28.6 Å². The SMILES string of the molecule is O=C(O)CC(NC(=O)[C@@H](S)Cc1ccccc1)C(=O)N[C@@H](CC1=CNC2C=CC=CC12)C(=O)O. The molecule has 3 rings (SSSR count). The number of fused-ring (bicyclic) bond motifs is 1. The second kappa shape index (κ2) is 11.6. The number of allylic oxidation sites excluding steroid dienone is 2. The molecule has 0 aromatic heterocycles. The lowest BCUT2D eigenvalue weighted by molar-refractivity contribution is -0.143. The van der Waals surface area contributed by atoms with Crippen molar-refractivity contribution in [2.45, 2.75) is 42.6 Å². The minimum atomic E-state index is -1.45. The molecule has 0 spiro atoms. The molecule has 0 fully saturated rings. The van der Waals surface area contributed by atoms with Crippen molar-refractivity contribution in [2.75, 3.05) is 0 Å². The van der Waals surface area contributed by atoms with E-state index in [0.717, 1.165) is 11.1 Å². The van der Waals surface area contributed by atoms with E-state index in [-0.39, 0.29) is 24.8 Å². The first-order chi connectivity index (χ1) is 16.2. The number of thiol groups is 1.